The average molecular weight is 714 g/mol. The summed E-state index contributed by atoms with van der Waals surface area (Å²) in [7, 11) is 1.27. The number of methoxy groups -OCH3 is 1. The molecule has 2 aliphatic heterocycles. The summed E-state index contributed by atoms with van der Waals surface area (Å²) in [5, 5.41) is 2.67. The number of carbonyl (C=O) groups excluding carboxylic acids is 3. The van der Waals surface area contributed by atoms with E-state index in [0.717, 1.165) is 29.7 Å². The van der Waals surface area contributed by atoms with Crippen molar-refractivity contribution in [1.82, 2.24) is 35.1 Å². The van der Waals surface area contributed by atoms with Gasteiger partial charge in [0.25, 0.3) is 5.92 Å². The summed E-state index contributed by atoms with van der Waals surface area (Å²) in [5.41, 5.74) is 4.39. The quantitative estimate of drug-likeness (QED) is 0.176. The number of alkyl halides is 2. The van der Waals surface area contributed by atoms with E-state index in [1.54, 1.807) is 11.8 Å². The third-order valence-electron chi connectivity index (χ3n) is 10.1. The number of ether oxygens (including phenoxy) is 1. The highest BCUT2D eigenvalue weighted by Crippen LogP contribution is 2.42. The van der Waals surface area contributed by atoms with Crippen molar-refractivity contribution in [2.45, 2.75) is 77.9 Å². The molecule has 52 heavy (non-hydrogen) atoms. The third kappa shape index (κ3) is 7.66. The number of benzene rings is 2. The van der Waals surface area contributed by atoms with Crippen molar-refractivity contribution in [1.29, 1.82) is 0 Å². The van der Waals surface area contributed by atoms with E-state index >= 15 is 0 Å². The monoisotopic (exact) mass is 713 g/mol. The zero-order valence-corrected chi connectivity index (χ0v) is 30.3. The maximum absolute atomic E-state index is 14.6. The number of nitrogens with one attached hydrogen (secondary N) is 3. The highest BCUT2D eigenvalue weighted by Gasteiger charge is 2.49. The first kappa shape index (κ1) is 36.5. The predicted octanol–water partition coefficient (Wildman–Crippen LogP) is 6.60. The zero-order valence-electron chi connectivity index (χ0n) is 30.3. The van der Waals surface area contributed by atoms with Gasteiger partial charge in [0.1, 0.15) is 17.7 Å². The molecule has 2 aromatic heterocycles. The number of hydrogen-bond donors (Lipinski definition) is 3. The number of rotatable bonds is 8. The number of H-pyrrole nitrogens is 2. The molecule has 2 aliphatic rings. The predicted molar refractivity (Wildman–Crippen MR) is 192 cm³/mol. The van der Waals surface area contributed by atoms with Gasteiger partial charge in [0.15, 0.2) is 0 Å². The number of amides is 3. The molecule has 0 radical (unpaired) electrons. The van der Waals surface area contributed by atoms with E-state index in [1.165, 1.54) is 12.0 Å². The van der Waals surface area contributed by atoms with Gasteiger partial charge >= 0.3 is 6.09 Å². The van der Waals surface area contributed by atoms with Gasteiger partial charge in [0, 0.05) is 41.8 Å². The van der Waals surface area contributed by atoms with Gasteiger partial charge in [-0.25, -0.2) is 23.5 Å². The molecular formula is C39H45F2N7O4. The first-order valence-corrected chi connectivity index (χ1v) is 17.8. The van der Waals surface area contributed by atoms with Gasteiger partial charge in [-0.3, -0.25) is 9.59 Å². The Labute approximate surface area is 301 Å². The highest BCUT2D eigenvalue weighted by molar-refractivity contribution is 5.86. The fraction of sp³-hybridized carbons (Fsp3) is 0.462. The van der Waals surface area contributed by atoms with Gasteiger partial charge in [-0.15, -0.1) is 0 Å². The van der Waals surface area contributed by atoms with Crippen LogP contribution in [0, 0.1) is 29.6 Å². The molecule has 2 fully saturated rings. The molecule has 0 unspecified atom stereocenters. The van der Waals surface area contributed by atoms with Crippen molar-refractivity contribution in [3.63, 3.8) is 0 Å². The molecule has 2 aromatic carbocycles. The number of likely N-dealkylation sites (tertiary alicyclic amines) is 2. The minimum atomic E-state index is -2.98. The zero-order chi connectivity index (χ0) is 37.3. The van der Waals surface area contributed by atoms with Gasteiger partial charge < -0.3 is 29.8 Å². The largest absolute Gasteiger partial charge is 0.453 e. The second-order valence-electron chi connectivity index (χ2n) is 14.5. The molecule has 3 amide bonds. The maximum Gasteiger partial charge on any atom is 0.407 e. The van der Waals surface area contributed by atoms with Crippen LogP contribution in [0.25, 0.3) is 22.3 Å². The normalized spacial score (nSPS) is 19.5. The summed E-state index contributed by atoms with van der Waals surface area (Å²) in [5.74, 6) is 3.47. The Kier molecular flexibility index (Phi) is 10.4. The summed E-state index contributed by atoms with van der Waals surface area (Å²) in [4.78, 5) is 57.4. The Bertz CT molecular complexity index is 2010. The number of aromatic nitrogens is 4. The van der Waals surface area contributed by atoms with E-state index < -0.39 is 37.1 Å². The number of alkyl carbamates (subject to hydrolysis) is 1. The molecule has 0 aliphatic carbocycles. The number of hydrogen-bond acceptors (Lipinski definition) is 6. The average Bonchev–Trinajstić information content (AvgIpc) is 3.93. The third-order valence-corrected chi connectivity index (χ3v) is 10.1. The number of carbonyl (C=O) groups is 3. The van der Waals surface area contributed by atoms with Gasteiger partial charge in [-0.05, 0) is 55.0 Å². The molecule has 0 saturated carbocycles. The van der Waals surface area contributed by atoms with Crippen LogP contribution in [0.4, 0.5) is 13.6 Å². The van der Waals surface area contributed by atoms with Crippen LogP contribution in [0.5, 0.6) is 0 Å². The van der Waals surface area contributed by atoms with E-state index in [0.29, 0.717) is 34.8 Å². The summed E-state index contributed by atoms with van der Waals surface area (Å²) in [6.07, 6.45) is 2.29. The van der Waals surface area contributed by atoms with Crippen molar-refractivity contribution in [3.05, 3.63) is 71.4 Å². The van der Waals surface area contributed by atoms with Crippen LogP contribution >= 0.6 is 0 Å². The van der Waals surface area contributed by atoms with Crippen molar-refractivity contribution < 1.29 is 27.9 Å². The Morgan fingerprint density at radius 2 is 1.63 bits per heavy atom. The van der Waals surface area contributed by atoms with Crippen LogP contribution in [0.3, 0.4) is 0 Å². The molecule has 4 atom stereocenters. The van der Waals surface area contributed by atoms with Crippen LogP contribution in [0.1, 0.15) is 88.7 Å². The van der Waals surface area contributed by atoms with Crippen LogP contribution < -0.4 is 5.32 Å². The van der Waals surface area contributed by atoms with Gasteiger partial charge in [0.2, 0.25) is 11.8 Å². The second kappa shape index (κ2) is 14.8. The van der Waals surface area contributed by atoms with E-state index in [1.807, 2.05) is 76.4 Å². The van der Waals surface area contributed by atoms with Crippen molar-refractivity contribution in [2.24, 2.45) is 17.8 Å². The lowest BCUT2D eigenvalue weighted by molar-refractivity contribution is -0.138. The van der Waals surface area contributed by atoms with E-state index in [-0.39, 0.29) is 35.6 Å². The number of nitrogens with zero attached hydrogens (tertiary/aromatic N) is 4. The fourth-order valence-electron chi connectivity index (χ4n) is 6.82. The Morgan fingerprint density at radius 1 is 0.923 bits per heavy atom. The number of aromatic amines is 2. The molecule has 274 valence electrons. The lowest BCUT2D eigenvalue weighted by atomic mass is 9.96. The molecule has 0 bridgehead atoms. The molecule has 0 spiro atoms. The Balaban J connectivity index is 1.14. The SMILES string of the molecule is COC(=O)N[C@H](C(=O)N1CCC[C@H]1c1nc(-c2ccc(C#Cc3ccc4[nH]c([C@@H]5CC(F)(F)CN5C(=O)[C@@H](C)C(C)C)nc4c3)cc2)c[nH]1)C(C)C. The molecule has 6 rings (SSSR count). The molecule has 2 saturated heterocycles. The molecule has 4 heterocycles. The topological polar surface area (TPSA) is 136 Å². The number of halogens is 2. The minimum Gasteiger partial charge on any atom is -0.453 e. The van der Waals surface area contributed by atoms with Crippen LogP contribution in [-0.4, -0.2) is 79.8 Å². The van der Waals surface area contributed by atoms with Crippen molar-refractivity contribution in [3.8, 4) is 23.1 Å². The van der Waals surface area contributed by atoms with Crippen molar-refractivity contribution in [2.75, 3.05) is 20.2 Å². The van der Waals surface area contributed by atoms with E-state index in [9.17, 15) is 23.2 Å². The molecule has 3 N–H and O–H groups in total. The van der Waals surface area contributed by atoms with Crippen molar-refractivity contribution >= 4 is 28.9 Å². The number of imidazole rings is 2. The maximum atomic E-state index is 14.6. The minimum absolute atomic E-state index is 0.0306. The second-order valence-corrected chi connectivity index (χ2v) is 14.5. The van der Waals surface area contributed by atoms with Crippen LogP contribution in [0.2, 0.25) is 0 Å². The van der Waals surface area contributed by atoms with Gasteiger partial charge in [0.05, 0.1) is 42.5 Å². The van der Waals surface area contributed by atoms with Gasteiger partial charge in [-0.1, -0.05) is 58.6 Å². The molecule has 13 heteroatoms. The summed E-state index contributed by atoms with van der Waals surface area (Å²) < 4.78 is 33.9. The molecule has 11 nitrogen and oxygen atoms in total. The first-order chi connectivity index (χ1) is 24.7. The Morgan fingerprint density at radius 3 is 2.33 bits per heavy atom. The lowest BCUT2D eigenvalue weighted by Crippen LogP contribution is -2.51. The first-order valence-electron chi connectivity index (χ1n) is 17.8. The number of fused-ring (bicyclic) bond motifs is 1. The summed E-state index contributed by atoms with van der Waals surface area (Å²) in [6, 6.07) is 11.4. The highest BCUT2D eigenvalue weighted by atomic mass is 19.3. The fourth-order valence-corrected chi connectivity index (χ4v) is 6.82. The standard InChI is InChI=1S/C39H45F2N7O4/c1-22(2)24(5)36(49)48-21-39(40,41)19-32(48)35-43-28-16-13-26(18-29(28)44-35)10-9-25-11-14-27(15-12-25)30-20-42-34(45-30)31-8-7-17-47(31)37(50)33(23(3)4)46-38(51)52-6/h11-16,18,20,22-24,31-33H,7-8,17,19,21H2,1-6H3,(H,42,45)(H,43,44)(H,46,51)/t24-,31-,32-,33-/m0/s1. The van der Waals surface area contributed by atoms with Crippen LogP contribution in [-0.2, 0) is 14.3 Å². The van der Waals surface area contributed by atoms with Gasteiger partial charge in [-0.2, -0.15) is 0 Å². The smallest absolute Gasteiger partial charge is 0.407 e. The summed E-state index contributed by atoms with van der Waals surface area (Å²) in [6.45, 7) is 9.32. The molecule has 4 aromatic rings. The van der Waals surface area contributed by atoms with E-state index in [2.05, 4.69) is 32.1 Å². The van der Waals surface area contributed by atoms with Crippen LogP contribution in [0.15, 0.2) is 48.7 Å². The Hall–Kier alpha value is -5.25. The van der Waals surface area contributed by atoms with E-state index in [4.69, 9.17) is 9.72 Å². The lowest BCUT2D eigenvalue weighted by Gasteiger charge is -2.29. The summed E-state index contributed by atoms with van der Waals surface area (Å²) >= 11 is 0. The molecular weight excluding hydrogens is 668 g/mol.